The van der Waals surface area contributed by atoms with E-state index in [1.165, 1.54) is 6.07 Å². The number of rotatable bonds is 1. The first-order valence-corrected chi connectivity index (χ1v) is 6.71. The first-order valence-electron chi connectivity index (χ1n) is 5.95. The summed E-state index contributed by atoms with van der Waals surface area (Å²) in [5.41, 5.74) is 1.33. The fraction of sp³-hybridized carbons (Fsp3) is 0.0667. The average Bonchev–Trinajstić information content (AvgIpc) is 2.45. The van der Waals surface area contributed by atoms with Crippen LogP contribution in [0.4, 0.5) is 4.39 Å². The Morgan fingerprint density at radius 1 is 0.900 bits per heavy atom. The fourth-order valence-electron chi connectivity index (χ4n) is 2.04. The minimum Gasteiger partial charge on any atom is -0.216 e. The van der Waals surface area contributed by atoms with Gasteiger partial charge in [-0.2, -0.15) is 0 Å². The number of nitrogens with zero attached hydrogens (tertiary/aromatic N) is 2. The predicted octanol–water partition coefficient (Wildman–Crippen LogP) is 5.05. The van der Waals surface area contributed by atoms with Gasteiger partial charge in [-0.05, 0) is 24.4 Å². The minimum absolute atomic E-state index is 0.284. The van der Waals surface area contributed by atoms with E-state index in [9.17, 15) is 4.39 Å². The summed E-state index contributed by atoms with van der Waals surface area (Å²) in [6.07, 6.45) is 0. The summed E-state index contributed by atoms with van der Waals surface area (Å²) in [6.45, 7) is 1.75. The topological polar surface area (TPSA) is 25.8 Å². The molecule has 0 bridgehead atoms. The Bertz CT molecular complexity index is 795. The first-order chi connectivity index (χ1) is 9.58. The molecule has 2 nitrogen and oxygen atoms in total. The number of halogens is 3. The molecule has 0 N–H and O–H groups in total. The molecule has 0 amide bonds. The van der Waals surface area contributed by atoms with Crippen LogP contribution in [0.2, 0.25) is 10.3 Å². The molecule has 0 aliphatic carbocycles. The second kappa shape index (κ2) is 5.00. The van der Waals surface area contributed by atoms with Crippen molar-refractivity contribution in [2.45, 2.75) is 6.92 Å². The highest BCUT2D eigenvalue weighted by Gasteiger charge is 2.13. The highest BCUT2D eigenvalue weighted by atomic mass is 35.5. The van der Waals surface area contributed by atoms with Crippen LogP contribution in [0.25, 0.3) is 22.2 Å². The van der Waals surface area contributed by atoms with E-state index in [0.29, 0.717) is 32.6 Å². The molecule has 100 valence electrons. The predicted molar refractivity (Wildman–Crippen MR) is 79.7 cm³/mol. The van der Waals surface area contributed by atoms with Gasteiger partial charge in [-0.3, -0.25) is 0 Å². The van der Waals surface area contributed by atoms with E-state index in [1.807, 2.05) is 12.1 Å². The molecule has 0 saturated heterocycles. The number of hydrogen-bond acceptors (Lipinski definition) is 2. The third-order valence-electron chi connectivity index (χ3n) is 3.14. The van der Waals surface area contributed by atoms with Crippen LogP contribution in [0, 0.1) is 12.7 Å². The van der Waals surface area contributed by atoms with E-state index < -0.39 is 0 Å². The lowest BCUT2D eigenvalue weighted by Gasteiger charge is -2.08. The summed E-state index contributed by atoms with van der Waals surface area (Å²) >= 11 is 12.1. The summed E-state index contributed by atoms with van der Waals surface area (Å²) in [5.74, 6) is 0.107. The Morgan fingerprint density at radius 2 is 1.50 bits per heavy atom. The maximum Gasteiger partial charge on any atom is 0.163 e. The van der Waals surface area contributed by atoms with Gasteiger partial charge in [0.05, 0.1) is 0 Å². The van der Waals surface area contributed by atoms with E-state index in [0.717, 1.165) is 5.39 Å². The van der Waals surface area contributed by atoms with E-state index in [-0.39, 0.29) is 5.82 Å². The molecule has 0 atom stereocenters. The SMILES string of the molecule is Cc1c(Cl)nc(-c2ccc(F)c3ccccc23)nc1Cl. The van der Waals surface area contributed by atoms with Gasteiger partial charge in [0.25, 0.3) is 0 Å². The van der Waals surface area contributed by atoms with Gasteiger partial charge < -0.3 is 0 Å². The summed E-state index contributed by atoms with van der Waals surface area (Å²) in [4.78, 5) is 8.46. The zero-order chi connectivity index (χ0) is 14.3. The Morgan fingerprint density at radius 3 is 2.15 bits per heavy atom. The van der Waals surface area contributed by atoms with Gasteiger partial charge in [0.1, 0.15) is 16.1 Å². The molecule has 2 aromatic carbocycles. The van der Waals surface area contributed by atoms with Crippen molar-refractivity contribution in [3.05, 3.63) is 58.1 Å². The number of fused-ring (bicyclic) bond motifs is 1. The van der Waals surface area contributed by atoms with Crippen molar-refractivity contribution in [3.8, 4) is 11.4 Å². The molecule has 0 saturated carbocycles. The molecule has 0 aliphatic heterocycles. The lowest BCUT2D eigenvalue weighted by Crippen LogP contribution is -1.95. The summed E-state index contributed by atoms with van der Waals surface area (Å²) < 4.78 is 13.8. The van der Waals surface area contributed by atoms with Gasteiger partial charge in [0, 0.05) is 16.5 Å². The van der Waals surface area contributed by atoms with Crippen LogP contribution < -0.4 is 0 Å². The molecule has 20 heavy (non-hydrogen) atoms. The van der Waals surface area contributed by atoms with Crippen molar-refractivity contribution < 1.29 is 4.39 Å². The largest absolute Gasteiger partial charge is 0.216 e. The monoisotopic (exact) mass is 306 g/mol. The maximum absolute atomic E-state index is 13.8. The lowest BCUT2D eigenvalue weighted by atomic mass is 10.0. The summed E-state index contributed by atoms with van der Waals surface area (Å²) in [7, 11) is 0. The lowest BCUT2D eigenvalue weighted by molar-refractivity contribution is 0.640. The Labute approximate surface area is 125 Å². The van der Waals surface area contributed by atoms with E-state index in [2.05, 4.69) is 9.97 Å². The molecule has 0 spiro atoms. The molecule has 0 aliphatic rings. The number of aromatic nitrogens is 2. The molecule has 0 unspecified atom stereocenters. The van der Waals surface area contributed by atoms with Gasteiger partial charge in [0.15, 0.2) is 5.82 Å². The second-order valence-electron chi connectivity index (χ2n) is 4.39. The average molecular weight is 307 g/mol. The smallest absolute Gasteiger partial charge is 0.163 e. The van der Waals surface area contributed by atoms with Crippen LogP contribution in [0.15, 0.2) is 36.4 Å². The molecule has 1 heterocycles. The molecule has 0 radical (unpaired) electrons. The normalized spacial score (nSPS) is 11.0. The highest BCUT2D eigenvalue weighted by molar-refractivity contribution is 6.34. The summed E-state index contributed by atoms with van der Waals surface area (Å²) in [6, 6.07) is 10.2. The maximum atomic E-state index is 13.8. The van der Waals surface area contributed by atoms with E-state index in [1.54, 1.807) is 25.1 Å². The molecule has 3 rings (SSSR count). The number of benzene rings is 2. The highest BCUT2D eigenvalue weighted by Crippen LogP contribution is 2.31. The van der Waals surface area contributed by atoms with E-state index in [4.69, 9.17) is 23.2 Å². The second-order valence-corrected chi connectivity index (χ2v) is 5.11. The quantitative estimate of drug-likeness (QED) is 0.588. The summed E-state index contributed by atoms with van der Waals surface area (Å²) in [5, 5.41) is 1.84. The third-order valence-corrected chi connectivity index (χ3v) is 3.87. The molecule has 0 fully saturated rings. The van der Waals surface area contributed by atoms with Crippen LogP contribution in [0.5, 0.6) is 0 Å². The van der Waals surface area contributed by atoms with Crippen molar-refractivity contribution in [3.63, 3.8) is 0 Å². The van der Waals surface area contributed by atoms with Crippen molar-refractivity contribution >= 4 is 34.0 Å². The zero-order valence-electron chi connectivity index (χ0n) is 10.5. The molecule has 1 aromatic heterocycles. The zero-order valence-corrected chi connectivity index (χ0v) is 12.0. The fourth-order valence-corrected chi connectivity index (χ4v) is 2.43. The van der Waals surface area contributed by atoms with Crippen molar-refractivity contribution in [2.24, 2.45) is 0 Å². The van der Waals surface area contributed by atoms with Gasteiger partial charge in [-0.15, -0.1) is 0 Å². The first kappa shape index (κ1) is 13.3. The van der Waals surface area contributed by atoms with Gasteiger partial charge in [-0.25, -0.2) is 14.4 Å². The Kier molecular flexibility index (Phi) is 3.32. The van der Waals surface area contributed by atoms with Gasteiger partial charge in [0.2, 0.25) is 0 Å². The van der Waals surface area contributed by atoms with Crippen LogP contribution in [0.3, 0.4) is 0 Å². The van der Waals surface area contributed by atoms with Gasteiger partial charge in [-0.1, -0.05) is 47.5 Å². The van der Waals surface area contributed by atoms with Crippen LogP contribution in [-0.2, 0) is 0 Å². The van der Waals surface area contributed by atoms with Gasteiger partial charge >= 0.3 is 0 Å². The third kappa shape index (κ3) is 2.13. The standard InChI is InChI=1S/C15H9Cl2FN2/c1-8-13(16)19-15(20-14(8)17)11-6-7-12(18)10-5-3-2-4-9(10)11/h2-7H,1H3. The van der Waals surface area contributed by atoms with Crippen molar-refractivity contribution in [1.82, 2.24) is 9.97 Å². The molecule has 3 aromatic rings. The van der Waals surface area contributed by atoms with Crippen LogP contribution >= 0.6 is 23.2 Å². The molecular formula is C15H9Cl2FN2. The minimum atomic E-state index is -0.284. The Balaban J connectivity index is 2.33. The van der Waals surface area contributed by atoms with Crippen molar-refractivity contribution in [1.29, 1.82) is 0 Å². The molecular weight excluding hydrogens is 298 g/mol. The van der Waals surface area contributed by atoms with Crippen molar-refractivity contribution in [2.75, 3.05) is 0 Å². The number of hydrogen-bond donors (Lipinski definition) is 0. The molecule has 5 heteroatoms. The van der Waals surface area contributed by atoms with Crippen LogP contribution in [0.1, 0.15) is 5.56 Å². The van der Waals surface area contributed by atoms with E-state index >= 15 is 0 Å². The Hall–Kier alpha value is -1.71. The van der Waals surface area contributed by atoms with Crippen LogP contribution in [-0.4, -0.2) is 9.97 Å².